The van der Waals surface area contributed by atoms with E-state index in [1.54, 1.807) is 54.6 Å². The Labute approximate surface area is 208 Å². The van der Waals surface area contributed by atoms with E-state index in [0.29, 0.717) is 28.5 Å². The van der Waals surface area contributed by atoms with Crippen molar-refractivity contribution >= 4 is 29.6 Å². The van der Waals surface area contributed by atoms with Gasteiger partial charge in [-0.1, -0.05) is 36.4 Å². The fraction of sp³-hybridized carbons (Fsp3) is 0.154. The highest BCUT2D eigenvalue weighted by Gasteiger charge is 2.09. The Morgan fingerprint density at radius 1 is 0.806 bits per heavy atom. The fourth-order valence-electron chi connectivity index (χ4n) is 2.86. The number of carbonyl (C=O) groups is 3. The molecule has 0 saturated carbocycles. The van der Waals surface area contributed by atoms with Gasteiger partial charge in [0.25, 0.3) is 17.7 Å². The fourth-order valence-corrected chi connectivity index (χ4v) is 2.86. The Morgan fingerprint density at radius 2 is 1.50 bits per heavy atom. The van der Waals surface area contributed by atoms with E-state index in [0.717, 1.165) is 0 Å². The number of rotatable bonds is 12. The lowest BCUT2D eigenvalue weighted by atomic mass is 10.2. The van der Waals surface area contributed by atoms with Crippen LogP contribution < -0.4 is 30.3 Å². The molecule has 0 atom stereocenters. The second-order valence-electron chi connectivity index (χ2n) is 7.28. The van der Waals surface area contributed by atoms with Crippen LogP contribution in [0.4, 0.5) is 5.69 Å². The molecule has 0 aliphatic heterocycles. The smallest absolute Gasteiger partial charge is 0.262 e. The van der Waals surface area contributed by atoms with Gasteiger partial charge in [0.15, 0.2) is 24.7 Å². The molecule has 10 nitrogen and oxygen atoms in total. The number of ether oxygens (including phenoxy) is 3. The van der Waals surface area contributed by atoms with Crippen LogP contribution in [-0.4, -0.2) is 50.8 Å². The topological polar surface area (TPSA) is 127 Å². The molecule has 10 heteroatoms. The summed E-state index contributed by atoms with van der Waals surface area (Å²) in [6, 6.07) is 22.9. The summed E-state index contributed by atoms with van der Waals surface area (Å²) in [4.78, 5) is 35.8. The largest absolute Gasteiger partial charge is 0.493 e. The predicted octanol–water partition coefficient (Wildman–Crippen LogP) is 2.36. The minimum absolute atomic E-state index is 0.198. The summed E-state index contributed by atoms with van der Waals surface area (Å²) in [5.41, 5.74) is 3.62. The van der Waals surface area contributed by atoms with Gasteiger partial charge in [0.1, 0.15) is 5.75 Å². The normalized spacial score (nSPS) is 10.4. The molecule has 0 fully saturated rings. The monoisotopic (exact) mass is 490 g/mol. The van der Waals surface area contributed by atoms with Gasteiger partial charge in [0.05, 0.1) is 19.9 Å². The van der Waals surface area contributed by atoms with Crippen molar-refractivity contribution in [2.75, 3.05) is 32.2 Å². The van der Waals surface area contributed by atoms with Crippen molar-refractivity contribution in [3.63, 3.8) is 0 Å². The molecule has 0 saturated heterocycles. The minimum Gasteiger partial charge on any atom is -0.493 e. The van der Waals surface area contributed by atoms with E-state index in [4.69, 9.17) is 14.2 Å². The molecule has 0 aliphatic carbocycles. The van der Waals surface area contributed by atoms with E-state index in [1.807, 2.05) is 24.3 Å². The number of hydrogen-bond donors (Lipinski definition) is 3. The first-order valence-corrected chi connectivity index (χ1v) is 11.0. The second kappa shape index (κ2) is 13.8. The lowest BCUT2D eigenvalue weighted by molar-refractivity contribution is -0.127. The Bertz CT molecular complexity index is 1190. The SMILES string of the molecule is COc1cc(C=NNC(=O)CNC(=O)COc2ccccc2)ccc1OCC(=O)Nc1ccccc1. The average Bonchev–Trinajstić information content (AvgIpc) is 2.91. The van der Waals surface area contributed by atoms with Crippen LogP contribution in [0, 0.1) is 0 Å². The van der Waals surface area contributed by atoms with Crippen LogP contribution in [0.25, 0.3) is 0 Å². The first-order valence-electron chi connectivity index (χ1n) is 11.0. The Kier molecular flexibility index (Phi) is 9.84. The Hall–Kier alpha value is -4.86. The lowest BCUT2D eigenvalue weighted by Crippen LogP contribution is -2.37. The van der Waals surface area contributed by atoms with E-state index in [1.165, 1.54) is 13.3 Å². The highest BCUT2D eigenvalue weighted by atomic mass is 16.5. The van der Waals surface area contributed by atoms with E-state index in [-0.39, 0.29) is 25.7 Å². The van der Waals surface area contributed by atoms with Crippen molar-refractivity contribution in [1.82, 2.24) is 10.7 Å². The number of hydrazone groups is 1. The van der Waals surface area contributed by atoms with Crippen LogP contribution in [0.5, 0.6) is 17.2 Å². The third-order valence-corrected chi connectivity index (χ3v) is 4.57. The van der Waals surface area contributed by atoms with Crippen molar-refractivity contribution in [1.29, 1.82) is 0 Å². The summed E-state index contributed by atoms with van der Waals surface area (Å²) >= 11 is 0. The third-order valence-electron chi connectivity index (χ3n) is 4.57. The lowest BCUT2D eigenvalue weighted by Gasteiger charge is -2.11. The van der Waals surface area contributed by atoms with Gasteiger partial charge in [0, 0.05) is 5.69 Å². The predicted molar refractivity (Wildman–Crippen MR) is 134 cm³/mol. The number of hydrogen-bond acceptors (Lipinski definition) is 7. The zero-order chi connectivity index (χ0) is 25.6. The number of methoxy groups -OCH3 is 1. The summed E-state index contributed by atoms with van der Waals surface area (Å²) in [5, 5.41) is 9.05. The van der Waals surface area contributed by atoms with Gasteiger partial charge in [-0.25, -0.2) is 5.43 Å². The van der Waals surface area contributed by atoms with Gasteiger partial charge in [-0.15, -0.1) is 0 Å². The molecular weight excluding hydrogens is 464 g/mol. The van der Waals surface area contributed by atoms with Crippen LogP contribution in [0.1, 0.15) is 5.56 Å². The van der Waals surface area contributed by atoms with Gasteiger partial charge in [-0.05, 0) is 48.0 Å². The maximum Gasteiger partial charge on any atom is 0.262 e. The van der Waals surface area contributed by atoms with E-state index in [2.05, 4.69) is 21.2 Å². The molecule has 3 amide bonds. The van der Waals surface area contributed by atoms with Crippen LogP contribution in [0.15, 0.2) is 84.0 Å². The second-order valence-corrected chi connectivity index (χ2v) is 7.28. The molecule has 0 aliphatic rings. The first-order chi connectivity index (χ1) is 17.5. The number of benzene rings is 3. The highest BCUT2D eigenvalue weighted by Crippen LogP contribution is 2.27. The summed E-state index contributed by atoms with van der Waals surface area (Å²) in [7, 11) is 1.47. The van der Waals surface area contributed by atoms with Gasteiger partial charge >= 0.3 is 0 Å². The molecule has 186 valence electrons. The van der Waals surface area contributed by atoms with Gasteiger partial charge in [0.2, 0.25) is 0 Å². The zero-order valence-electron chi connectivity index (χ0n) is 19.6. The van der Waals surface area contributed by atoms with Crippen LogP contribution >= 0.6 is 0 Å². The maximum absolute atomic E-state index is 12.1. The van der Waals surface area contributed by atoms with Crippen LogP contribution in [-0.2, 0) is 14.4 Å². The summed E-state index contributed by atoms with van der Waals surface area (Å²) in [5.74, 6) is 0.0801. The highest BCUT2D eigenvalue weighted by molar-refractivity contribution is 5.92. The molecule has 0 aromatic heterocycles. The van der Waals surface area contributed by atoms with Crippen LogP contribution in [0.2, 0.25) is 0 Å². The molecule has 0 heterocycles. The Balaban J connectivity index is 1.41. The quantitative estimate of drug-likeness (QED) is 0.264. The summed E-state index contributed by atoms with van der Waals surface area (Å²) < 4.78 is 16.2. The van der Waals surface area contributed by atoms with Crippen molar-refractivity contribution in [2.45, 2.75) is 0 Å². The average molecular weight is 491 g/mol. The Morgan fingerprint density at radius 3 is 2.22 bits per heavy atom. The summed E-state index contributed by atoms with van der Waals surface area (Å²) in [6.45, 7) is -0.658. The van der Waals surface area contributed by atoms with E-state index >= 15 is 0 Å². The van der Waals surface area contributed by atoms with Crippen molar-refractivity contribution in [2.24, 2.45) is 5.10 Å². The number of amides is 3. The first kappa shape index (κ1) is 25.8. The minimum atomic E-state index is -0.504. The number of nitrogens with one attached hydrogen (secondary N) is 3. The number of nitrogens with zero attached hydrogens (tertiary/aromatic N) is 1. The number of anilines is 1. The van der Waals surface area contributed by atoms with Crippen molar-refractivity contribution < 1.29 is 28.6 Å². The molecule has 3 rings (SSSR count). The summed E-state index contributed by atoms with van der Waals surface area (Å²) in [6.07, 6.45) is 1.41. The van der Waals surface area contributed by atoms with E-state index in [9.17, 15) is 14.4 Å². The molecule has 3 aromatic rings. The van der Waals surface area contributed by atoms with Crippen LogP contribution in [0.3, 0.4) is 0 Å². The molecule has 3 N–H and O–H groups in total. The molecular formula is C26H26N4O6. The van der Waals surface area contributed by atoms with E-state index < -0.39 is 11.8 Å². The van der Waals surface area contributed by atoms with Crippen molar-refractivity contribution in [3.05, 3.63) is 84.4 Å². The molecule has 0 spiro atoms. The van der Waals surface area contributed by atoms with Gasteiger partial charge < -0.3 is 24.8 Å². The van der Waals surface area contributed by atoms with Gasteiger partial charge in [-0.2, -0.15) is 5.10 Å². The molecule has 0 unspecified atom stereocenters. The third kappa shape index (κ3) is 8.82. The molecule has 3 aromatic carbocycles. The molecule has 0 bridgehead atoms. The zero-order valence-corrected chi connectivity index (χ0v) is 19.6. The number of para-hydroxylation sites is 2. The maximum atomic E-state index is 12.1. The number of carbonyl (C=O) groups excluding carboxylic acids is 3. The molecule has 0 radical (unpaired) electrons. The molecule has 36 heavy (non-hydrogen) atoms. The van der Waals surface area contributed by atoms with Gasteiger partial charge in [-0.3, -0.25) is 14.4 Å². The standard InChI is InChI=1S/C26H26N4O6/c1-34-23-14-19(12-13-22(23)36-18-26(33)29-20-8-4-2-5-9-20)15-28-30-24(31)16-27-25(32)17-35-21-10-6-3-7-11-21/h2-15H,16-18H2,1H3,(H,27,32)(H,29,33)(H,30,31). The van der Waals surface area contributed by atoms with Crippen molar-refractivity contribution in [3.8, 4) is 17.2 Å².